The van der Waals surface area contributed by atoms with Crippen molar-refractivity contribution in [1.29, 1.82) is 0 Å². The molecule has 0 radical (unpaired) electrons. The number of aromatic nitrogens is 2. The molecule has 0 spiro atoms. The van der Waals surface area contributed by atoms with E-state index in [-0.39, 0.29) is 5.88 Å². The van der Waals surface area contributed by atoms with Gasteiger partial charge in [0.2, 0.25) is 5.88 Å². The SMILES string of the molecule is CCOc1nc(Nc2ccc(-c3cnco3)cc2)cc(N)c1/C=C/C(=O)O. The molecule has 0 aliphatic carbocycles. The van der Waals surface area contributed by atoms with E-state index in [4.69, 9.17) is 20.0 Å². The molecule has 3 rings (SSSR count). The molecule has 0 saturated carbocycles. The maximum Gasteiger partial charge on any atom is 0.328 e. The van der Waals surface area contributed by atoms with Gasteiger partial charge in [-0.05, 0) is 37.3 Å². The molecule has 1 aromatic carbocycles. The number of carboxylic acid groups (broad SMARTS) is 1. The second kappa shape index (κ2) is 8.05. The number of aliphatic carboxylic acids is 1. The van der Waals surface area contributed by atoms with Gasteiger partial charge < -0.3 is 25.3 Å². The van der Waals surface area contributed by atoms with Crippen molar-refractivity contribution < 1.29 is 19.1 Å². The summed E-state index contributed by atoms with van der Waals surface area (Å²) in [6, 6.07) is 9.14. The van der Waals surface area contributed by atoms with Crippen LogP contribution >= 0.6 is 0 Å². The van der Waals surface area contributed by atoms with Crippen LogP contribution in [-0.2, 0) is 4.79 Å². The van der Waals surface area contributed by atoms with Gasteiger partial charge in [-0.3, -0.25) is 0 Å². The number of nitrogens with two attached hydrogens (primary N) is 1. The van der Waals surface area contributed by atoms with E-state index < -0.39 is 5.97 Å². The predicted molar refractivity (Wildman–Crippen MR) is 102 cm³/mol. The molecule has 138 valence electrons. The van der Waals surface area contributed by atoms with Crippen molar-refractivity contribution in [2.45, 2.75) is 6.92 Å². The summed E-state index contributed by atoms with van der Waals surface area (Å²) in [5.41, 5.74) is 8.52. The van der Waals surface area contributed by atoms with Crippen molar-refractivity contribution in [3.05, 3.63) is 54.6 Å². The second-order valence-electron chi connectivity index (χ2n) is 5.49. The van der Waals surface area contributed by atoms with Gasteiger partial charge in [0.1, 0.15) is 5.82 Å². The number of pyridine rings is 1. The van der Waals surface area contributed by atoms with Crippen LogP contribution in [-0.4, -0.2) is 27.7 Å². The lowest BCUT2D eigenvalue weighted by Crippen LogP contribution is -2.04. The summed E-state index contributed by atoms with van der Waals surface area (Å²) in [5.74, 6) is 0.342. The van der Waals surface area contributed by atoms with Gasteiger partial charge in [-0.15, -0.1) is 0 Å². The second-order valence-corrected chi connectivity index (χ2v) is 5.49. The van der Waals surface area contributed by atoms with E-state index in [1.807, 2.05) is 31.2 Å². The highest BCUT2D eigenvalue weighted by Gasteiger charge is 2.11. The Morgan fingerprint density at radius 2 is 2.15 bits per heavy atom. The lowest BCUT2D eigenvalue weighted by Gasteiger charge is -2.13. The molecule has 2 aromatic heterocycles. The number of nitrogens with one attached hydrogen (secondary N) is 1. The molecule has 0 amide bonds. The third-order valence-corrected chi connectivity index (χ3v) is 3.60. The Kier molecular flexibility index (Phi) is 5.36. The first-order valence-corrected chi connectivity index (χ1v) is 8.17. The molecule has 0 fully saturated rings. The first-order chi connectivity index (χ1) is 13.1. The Bertz CT molecular complexity index is 951. The maximum atomic E-state index is 10.8. The minimum Gasteiger partial charge on any atom is -0.478 e. The molecular weight excluding hydrogens is 348 g/mol. The van der Waals surface area contributed by atoms with Crippen LogP contribution in [0, 0.1) is 0 Å². The summed E-state index contributed by atoms with van der Waals surface area (Å²) < 4.78 is 10.8. The van der Waals surface area contributed by atoms with Crippen LogP contribution in [0.25, 0.3) is 17.4 Å². The van der Waals surface area contributed by atoms with Crippen molar-refractivity contribution in [3.63, 3.8) is 0 Å². The molecule has 0 unspecified atom stereocenters. The standard InChI is InChI=1S/C19H18N4O4/c1-2-26-19-14(7-8-18(24)25)15(20)9-17(23-19)22-13-5-3-12(4-6-13)16-10-21-11-27-16/h3-11H,2H2,1H3,(H,24,25)(H3,20,22,23)/b8-7+. The molecule has 27 heavy (non-hydrogen) atoms. The quantitative estimate of drug-likeness (QED) is 0.542. The Morgan fingerprint density at radius 1 is 1.37 bits per heavy atom. The zero-order valence-electron chi connectivity index (χ0n) is 14.5. The van der Waals surface area contributed by atoms with Crippen molar-refractivity contribution >= 4 is 29.2 Å². The highest BCUT2D eigenvalue weighted by molar-refractivity contribution is 5.88. The van der Waals surface area contributed by atoms with E-state index in [0.717, 1.165) is 17.3 Å². The Labute approximate surface area is 155 Å². The number of hydrogen-bond acceptors (Lipinski definition) is 7. The molecule has 0 aliphatic rings. The van der Waals surface area contributed by atoms with Crippen LogP contribution in [0.5, 0.6) is 5.88 Å². The van der Waals surface area contributed by atoms with Gasteiger partial charge in [0, 0.05) is 29.1 Å². The Morgan fingerprint density at radius 3 is 2.78 bits per heavy atom. The Balaban J connectivity index is 1.85. The average Bonchev–Trinajstić information content (AvgIpc) is 3.16. The van der Waals surface area contributed by atoms with Gasteiger partial charge in [0.05, 0.1) is 18.4 Å². The normalized spacial score (nSPS) is 10.9. The number of ether oxygens (including phenoxy) is 1. The highest BCUT2D eigenvalue weighted by atomic mass is 16.5. The molecule has 0 bridgehead atoms. The number of benzene rings is 1. The number of hydrogen-bond donors (Lipinski definition) is 3. The topological polar surface area (TPSA) is 124 Å². The molecule has 0 aliphatic heterocycles. The van der Waals surface area contributed by atoms with E-state index in [1.54, 1.807) is 12.3 Å². The zero-order valence-corrected chi connectivity index (χ0v) is 14.5. The molecule has 8 heteroatoms. The number of carbonyl (C=O) groups is 1. The van der Waals surface area contributed by atoms with Gasteiger partial charge in [0.15, 0.2) is 12.2 Å². The summed E-state index contributed by atoms with van der Waals surface area (Å²) in [5, 5.41) is 12.0. The van der Waals surface area contributed by atoms with Crippen molar-refractivity contribution in [1.82, 2.24) is 9.97 Å². The molecule has 8 nitrogen and oxygen atoms in total. The van der Waals surface area contributed by atoms with Gasteiger partial charge in [-0.1, -0.05) is 0 Å². The molecule has 4 N–H and O–H groups in total. The number of rotatable bonds is 7. The molecular formula is C19H18N4O4. The van der Waals surface area contributed by atoms with Crippen molar-refractivity contribution in [2.75, 3.05) is 17.7 Å². The Hall–Kier alpha value is -3.81. The number of nitrogens with zero attached hydrogens (tertiary/aromatic N) is 2. The third kappa shape index (κ3) is 4.43. The van der Waals surface area contributed by atoms with E-state index in [1.165, 1.54) is 12.5 Å². The summed E-state index contributed by atoms with van der Waals surface area (Å²) in [4.78, 5) is 19.0. The first kappa shape index (κ1) is 18.0. The fourth-order valence-electron chi connectivity index (χ4n) is 2.41. The summed E-state index contributed by atoms with van der Waals surface area (Å²) in [6.45, 7) is 2.18. The average molecular weight is 366 g/mol. The van der Waals surface area contributed by atoms with Gasteiger partial charge in [-0.2, -0.15) is 4.98 Å². The van der Waals surface area contributed by atoms with Crippen LogP contribution in [0.3, 0.4) is 0 Å². The highest BCUT2D eigenvalue weighted by Crippen LogP contribution is 2.29. The number of oxazole rings is 1. The minimum atomic E-state index is -1.08. The van der Waals surface area contributed by atoms with E-state index >= 15 is 0 Å². The van der Waals surface area contributed by atoms with Crippen molar-refractivity contribution in [2.24, 2.45) is 0 Å². The predicted octanol–water partition coefficient (Wildman–Crippen LogP) is 3.56. The maximum absolute atomic E-state index is 10.8. The smallest absolute Gasteiger partial charge is 0.328 e. The van der Waals surface area contributed by atoms with Gasteiger partial charge >= 0.3 is 5.97 Å². The number of nitrogen functional groups attached to an aromatic ring is 1. The van der Waals surface area contributed by atoms with Crippen LogP contribution < -0.4 is 15.8 Å². The van der Waals surface area contributed by atoms with Crippen LogP contribution in [0.2, 0.25) is 0 Å². The van der Waals surface area contributed by atoms with E-state index in [2.05, 4.69) is 15.3 Å². The lowest BCUT2D eigenvalue weighted by atomic mass is 10.1. The molecule has 2 heterocycles. The van der Waals surface area contributed by atoms with E-state index in [9.17, 15) is 4.79 Å². The van der Waals surface area contributed by atoms with Crippen LogP contribution in [0.15, 0.2) is 53.4 Å². The lowest BCUT2D eigenvalue weighted by molar-refractivity contribution is -0.131. The molecule has 0 atom stereocenters. The van der Waals surface area contributed by atoms with Crippen molar-refractivity contribution in [3.8, 4) is 17.2 Å². The molecule has 3 aromatic rings. The third-order valence-electron chi connectivity index (χ3n) is 3.60. The van der Waals surface area contributed by atoms with Gasteiger partial charge in [0.25, 0.3) is 0 Å². The fourth-order valence-corrected chi connectivity index (χ4v) is 2.41. The zero-order chi connectivity index (χ0) is 19.2. The number of anilines is 3. The minimum absolute atomic E-state index is 0.260. The van der Waals surface area contributed by atoms with Crippen LogP contribution in [0.4, 0.5) is 17.2 Å². The van der Waals surface area contributed by atoms with E-state index in [0.29, 0.717) is 29.4 Å². The van der Waals surface area contributed by atoms with Crippen LogP contribution in [0.1, 0.15) is 12.5 Å². The largest absolute Gasteiger partial charge is 0.478 e. The van der Waals surface area contributed by atoms with Gasteiger partial charge in [-0.25, -0.2) is 9.78 Å². The molecule has 0 saturated heterocycles. The summed E-state index contributed by atoms with van der Waals surface area (Å²) in [6.07, 6.45) is 5.38. The summed E-state index contributed by atoms with van der Waals surface area (Å²) >= 11 is 0. The number of carboxylic acids is 1. The summed E-state index contributed by atoms with van der Waals surface area (Å²) in [7, 11) is 0. The monoisotopic (exact) mass is 366 g/mol. The fraction of sp³-hybridized carbons (Fsp3) is 0.105. The first-order valence-electron chi connectivity index (χ1n) is 8.17.